The Hall–Kier alpha value is -3.72. The fraction of sp³-hybridized carbons (Fsp3) is 0.304. The zero-order chi connectivity index (χ0) is 22.7. The van der Waals surface area contributed by atoms with E-state index >= 15 is 0 Å². The Labute approximate surface area is 185 Å². The van der Waals surface area contributed by atoms with Crippen LogP contribution in [0, 0.1) is 10.1 Å². The number of nitrogens with zero attached hydrogens (tertiary/aromatic N) is 3. The Balaban J connectivity index is 1.75. The zero-order valence-electron chi connectivity index (χ0n) is 17.7. The minimum Gasteiger partial charge on any atom is -0.494 e. The first-order valence-corrected chi connectivity index (χ1v) is 10.4. The van der Waals surface area contributed by atoms with Gasteiger partial charge in [0.2, 0.25) is 0 Å². The summed E-state index contributed by atoms with van der Waals surface area (Å²) in [4.78, 5) is 40.6. The van der Waals surface area contributed by atoms with Crippen LogP contribution in [-0.2, 0) is 14.3 Å². The van der Waals surface area contributed by atoms with Gasteiger partial charge in [-0.3, -0.25) is 19.7 Å². The van der Waals surface area contributed by atoms with Crippen LogP contribution in [0.5, 0.6) is 5.75 Å². The maximum Gasteiger partial charge on any atom is 0.282 e. The summed E-state index contributed by atoms with van der Waals surface area (Å²) in [6.45, 7) is 4.34. The van der Waals surface area contributed by atoms with Crippen LogP contribution in [0.4, 0.5) is 11.4 Å². The van der Waals surface area contributed by atoms with E-state index in [0.717, 1.165) is 11.3 Å². The van der Waals surface area contributed by atoms with Gasteiger partial charge in [0, 0.05) is 31.3 Å². The number of imide groups is 1. The Morgan fingerprint density at radius 2 is 1.78 bits per heavy atom. The van der Waals surface area contributed by atoms with Crippen molar-refractivity contribution in [2.75, 3.05) is 37.8 Å². The predicted molar refractivity (Wildman–Crippen MR) is 117 cm³/mol. The molecule has 4 rings (SSSR count). The summed E-state index contributed by atoms with van der Waals surface area (Å²) in [5.74, 6) is -0.336. The summed E-state index contributed by atoms with van der Waals surface area (Å²) in [7, 11) is 0. The van der Waals surface area contributed by atoms with Crippen LogP contribution in [0.3, 0.4) is 0 Å². The lowest BCUT2D eigenvalue weighted by atomic mass is 10.0. The van der Waals surface area contributed by atoms with Crippen LogP contribution in [0.2, 0.25) is 0 Å². The number of nitro benzene ring substituents is 1. The molecule has 2 aromatic carbocycles. The average molecular weight is 437 g/mol. The number of rotatable bonds is 7. The minimum atomic E-state index is -0.503. The highest BCUT2D eigenvalue weighted by atomic mass is 16.6. The van der Waals surface area contributed by atoms with Crippen LogP contribution < -0.4 is 9.64 Å². The van der Waals surface area contributed by atoms with E-state index in [4.69, 9.17) is 9.47 Å². The average Bonchev–Trinajstić information content (AvgIpc) is 3.08. The maximum absolute atomic E-state index is 13.5. The Bertz CT molecular complexity index is 1070. The van der Waals surface area contributed by atoms with E-state index in [9.17, 15) is 19.7 Å². The molecule has 0 radical (unpaired) electrons. The van der Waals surface area contributed by atoms with Crippen LogP contribution >= 0.6 is 0 Å². The fourth-order valence-corrected chi connectivity index (χ4v) is 3.78. The van der Waals surface area contributed by atoms with Gasteiger partial charge in [-0.05, 0) is 36.2 Å². The smallest absolute Gasteiger partial charge is 0.282 e. The minimum absolute atomic E-state index is 0.0864. The lowest BCUT2D eigenvalue weighted by Crippen LogP contribution is -2.40. The van der Waals surface area contributed by atoms with E-state index in [2.05, 4.69) is 0 Å². The second-order valence-corrected chi connectivity index (χ2v) is 7.42. The van der Waals surface area contributed by atoms with E-state index in [0.29, 0.717) is 49.9 Å². The van der Waals surface area contributed by atoms with Crippen molar-refractivity contribution in [1.29, 1.82) is 0 Å². The molecular weight excluding hydrogens is 414 g/mol. The second-order valence-electron chi connectivity index (χ2n) is 7.42. The maximum atomic E-state index is 13.5. The summed E-state index contributed by atoms with van der Waals surface area (Å²) in [6.07, 6.45) is 0.832. The molecule has 32 heavy (non-hydrogen) atoms. The molecule has 2 aliphatic rings. The number of carbonyl (C=O) groups excluding carboxylic acids is 2. The lowest BCUT2D eigenvalue weighted by molar-refractivity contribution is -0.384. The number of carbonyl (C=O) groups is 2. The second kappa shape index (κ2) is 9.19. The Morgan fingerprint density at radius 3 is 2.44 bits per heavy atom. The molecule has 2 heterocycles. The number of amides is 2. The number of non-ortho nitro benzene ring substituents is 1. The molecule has 0 aliphatic carbocycles. The highest BCUT2D eigenvalue weighted by Crippen LogP contribution is 2.36. The van der Waals surface area contributed by atoms with Crippen LogP contribution in [0.25, 0.3) is 5.57 Å². The predicted octanol–water partition coefficient (Wildman–Crippen LogP) is 3.00. The topological polar surface area (TPSA) is 102 Å². The van der Waals surface area contributed by atoms with Crippen molar-refractivity contribution >= 4 is 28.8 Å². The molecule has 0 unspecified atom stereocenters. The van der Waals surface area contributed by atoms with E-state index in [1.54, 1.807) is 24.3 Å². The van der Waals surface area contributed by atoms with Gasteiger partial charge in [0.15, 0.2) is 0 Å². The van der Waals surface area contributed by atoms with Gasteiger partial charge in [0.1, 0.15) is 11.4 Å². The van der Waals surface area contributed by atoms with Gasteiger partial charge in [-0.2, -0.15) is 0 Å². The summed E-state index contributed by atoms with van der Waals surface area (Å²) < 4.78 is 11.1. The number of hydrogen-bond donors (Lipinski definition) is 0. The van der Waals surface area contributed by atoms with Gasteiger partial charge >= 0.3 is 0 Å². The van der Waals surface area contributed by atoms with Crippen molar-refractivity contribution in [3.63, 3.8) is 0 Å². The van der Waals surface area contributed by atoms with Gasteiger partial charge in [-0.1, -0.05) is 13.0 Å². The molecule has 0 spiro atoms. The van der Waals surface area contributed by atoms with Crippen molar-refractivity contribution in [3.8, 4) is 5.75 Å². The highest BCUT2D eigenvalue weighted by molar-refractivity contribution is 6.45. The van der Waals surface area contributed by atoms with E-state index in [1.165, 1.54) is 24.3 Å². The molecule has 0 aromatic heterocycles. The third kappa shape index (κ3) is 4.06. The number of anilines is 1. The molecule has 0 saturated carbocycles. The fourth-order valence-electron chi connectivity index (χ4n) is 3.78. The largest absolute Gasteiger partial charge is 0.494 e. The Morgan fingerprint density at radius 1 is 1.06 bits per heavy atom. The lowest BCUT2D eigenvalue weighted by Gasteiger charge is -2.29. The molecule has 0 atom stereocenters. The Kier molecular flexibility index (Phi) is 6.18. The quantitative estimate of drug-likeness (QED) is 0.373. The molecule has 1 fully saturated rings. The van der Waals surface area contributed by atoms with Crippen molar-refractivity contribution in [3.05, 3.63) is 69.9 Å². The molecule has 166 valence electrons. The van der Waals surface area contributed by atoms with Gasteiger partial charge in [-0.25, -0.2) is 4.90 Å². The number of ether oxygens (including phenoxy) is 2. The molecule has 2 amide bonds. The third-order valence-electron chi connectivity index (χ3n) is 5.30. The molecule has 2 aromatic rings. The molecule has 9 heteroatoms. The van der Waals surface area contributed by atoms with E-state index < -0.39 is 16.7 Å². The molecule has 0 N–H and O–H groups in total. The van der Waals surface area contributed by atoms with Gasteiger partial charge in [-0.15, -0.1) is 0 Å². The van der Waals surface area contributed by atoms with E-state index in [1.807, 2.05) is 11.8 Å². The van der Waals surface area contributed by atoms with Gasteiger partial charge < -0.3 is 14.4 Å². The summed E-state index contributed by atoms with van der Waals surface area (Å²) in [5, 5.41) is 11.0. The van der Waals surface area contributed by atoms with Gasteiger partial charge in [0.05, 0.1) is 36.0 Å². The molecule has 0 bridgehead atoms. The summed E-state index contributed by atoms with van der Waals surface area (Å²) >= 11 is 0. The van der Waals surface area contributed by atoms with Gasteiger partial charge in [0.25, 0.3) is 17.5 Å². The number of morpholine rings is 1. The van der Waals surface area contributed by atoms with E-state index in [-0.39, 0.29) is 17.0 Å². The third-order valence-corrected chi connectivity index (χ3v) is 5.30. The first-order chi connectivity index (χ1) is 15.5. The number of benzene rings is 2. The first-order valence-electron chi connectivity index (χ1n) is 10.4. The molecule has 2 aliphatic heterocycles. The molecule has 9 nitrogen and oxygen atoms in total. The summed E-state index contributed by atoms with van der Waals surface area (Å²) in [6, 6.07) is 12.5. The molecule has 1 saturated heterocycles. The highest BCUT2D eigenvalue weighted by Gasteiger charge is 2.43. The van der Waals surface area contributed by atoms with Crippen molar-refractivity contribution in [1.82, 2.24) is 4.90 Å². The van der Waals surface area contributed by atoms with Crippen molar-refractivity contribution in [2.45, 2.75) is 13.3 Å². The monoisotopic (exact) mass is 437 g/mol. The van der Waals surface area contributed by atoms with Crippen LogP contribution in [0.1, 0.15) is 18.9 Å². The van der Waals surface area contributed by atoms with Crippen LogP contribution in [-0.4, -0.2) is 54.5 Å². The standard InChI is InChI=1S/C23H23N3O6/c1-2-12-32-19-5-3-4-18(15-19)25-22(27)20(16-6-8-17(9-7-16)26(29)30)21(23(25)28)24-10-13-31-14-11-24/h3-9,15H,2,10-14H2,1H3. The zero-order valence-corrected chi connectivity index (χ0v) is 17.7. The SMILES string of the molecule is CCCOc1cccc(N2C(=O)C(c3ccc([N+](=O)[O-])cc3)=C(N3CCOCC3)C2=O)c1. The van der Waals surface area contributed by atoms with Crippen LogP contribution in [0.15, 0.2) is 54.2 Å². The molecular formula is C23H23N3O6. The number of nitro groups is 1. The normalized spacial score (nSPS) is 16.7. The summed E-state index contributed by atoms with van der Waals surface area (Å²) in [5.41, 5.74) is 1.29. The van der Waals surface area contributed by atoms with Crippen molar-refractivity contribution in [2.24, 2.45) is 0 Å². The first kappa shape index (κ1) is 21.5. The number of hydrogen-bond acceptors (Lipinski definition) is 7. The van der Waals surface area contributed by atoms with Crippen molar-refractivity contribution < 1.29 is 24.0 Å².